The minimum atomic E-state index is -0.184. The molecular formula is C16H28N2O2. The van der Waals surface area contributed by atoms with Crippen molar-refractivity contribution in [2.24, 2.45) is 11.8 Å². The Hall–Kier alpha value is -0.610. The second-order valence-electron chi connectivity index (χ2n) is 7.10. The molecule has 4 heteroatoms. The van der Waals surface area contributed by atoms with E-state index in [1.54, 1.807) is 0 Å². The van der Waals surface area contributed by atoms with Crippen LogP contribution in [0, 0.1) is 11.8 Å². The zero-order valence-electron chi connectivity index (χ0n) is 12.6. The van der Waals surface area contributed by atoms with Gasteiger partial charge in [0.25, 0.3) is 0 Å². The normalized spacial score (nSPS) is 38.8. The van der Waals surface area contributed by atoms with E-state index in [4.69, 9.17) is 0 Å². The lowest BCUT2D eigenvalue weighted by molar-refractivity contribution is -0.138. The smallest absolute Gasteiger partial charge is 0.223 e. The van der Waals surface area contributed by atoms with Crippen LogP contribution in [0.25, 0.3) is 0 Å². The monoisotopic (exact) mass is 280 g/mol. The van der Waals surface area contributed by atoms with Crippen LogP contribution in [0.1, 0.15) is 51.9 Å². The quantitative estimate of drug-likeness (QED) is 0.824. The van der Waals surface area contributed by atoms with Gasteiger partial charge >= 0.3 is 0 Å². The van der Waals surface area contributed by atoms with Crippen LogP contribution < -0.4 is 5.32 Å². The number of amides is 1. The van der Waals surface area contributed by atoms with Gasteiger partial charge in [-0.05, 0) is 63.5 Å². The fourth-order valence-corrected chi connectivity index (χ4v) is 4.47. The van der Waals surface area contributed by atoms with Gasteiger partial charge in [0.05, 0.1) is 6.10 Å². The van der Waals surface area contributed by atoms with Gasteiger partial charge in [0.15, 0.2) is 0 Å². The van der Waals surface area contributed by atoms with Crippen LogP contribution in [0.5, 0.6) is 0 Å². The Kier molecular flexibility index (Phi) is 4.32. The Morgan fingerprint density at radius 3 is 2.60 bits per heavy atom. The van der Waals surface area contributed by atoms with Crippen molar-refractivity contribution in [2.45, 2.75) is 70.1 Å². The third-order valence-electron chi connectivity index (χ3n) is 5.63. The van der Waals surface area contributed by atoms with Crippen LogP contribution in [-0.2, 0) is 4.79 Å². The highest BCUT2D eigenvalue weighted by Crippen LogP contribution is 2.37. The Balaban J connectivity index is 1.56. The third-order valence-corrected chi connectivity index (χ3v) is 5.63. The van der Waals surface area contributed by atoms with E-state index in [9.17, 15) is 9.90 Å². The predicted molar refractivity (Wildman–Crippen MR) is 78.3 cm³/mol. The Morgan fingerprint density at radius 1 is 1.30 bits per heavy atom. The van der Waals surface area contributed by atoms with Crippen molar-refractivity contribution in [1.82, 2.24) is 10.2 Å². The van der Waals surface area contributed by atoms with E-state index < -0.39 is 0 Å². The van der Waals surface area contributed by atoms with Crippen molar-refractivity contribution < 1.29 is 9.90 Å². The molecule has 114 valence electrons. The van der Waals surface area contributed by atoms with E-state index in [1.807, 2.05) is 0 Å². The summed E-state index contributed by atoms with van der Waals surface area (Å²) in [4.78, 5) is 14.8. The second-order valence-corrected chi connectivity index (χ2v) is 7.10. The van der Waals surface area contributed by atoms with Crippen molar-refractivity contribution in [3.05, 3.63) is 0 Å². The molecule has 0 radical (unpaired) electrons. The molecular weight excluding hydrogens is 252 g/mol. The van der Waals surface area contributed by atoms with E-state index in [0.717, 1.165) is 38.8 Å². The van der Waals surface area contributed by atoms with Crippen molar-refractivity contribution in [1.29, 1.82) is 0 Å². The summed E-state index contributed by atoms with van der Waals surface area (Å²) >= 11 is 0. The van der Waals surface area contributed by atoms with Crippen molar-refractivity contribution in [3.8, 4) is 0 Å². The molecule has 2 bridgehead atoms. The summed E-state index contributed by atoms with van der Waals surface area (Å²) in [5, 5.41) is 13.3. The topological polar surface area (TPSA) is 52.6 Å². The first-order chi connectivity index (χ1) is 9.65. The number of piperidine rings is 2. The van der Waals surface area contributed by atoms with Gasteiger partial charge in [0.2, 0.25) is 5.91 Å². The van der Waals surface area contributed by atoms with E-state index >= 15 is 0 Å². The van der Waals surface area contributed by atoms with Gasteiger partial charge in [-0.1, -0.05) is 6.92 Å². The fourth-order valence-electron chi connectivity index (χ4n) is 4.47. The number of fused-ring (bicyclic) bond motifs is 2. The van der Waals surface area contributed by atoms with Gasteiger partial charge in [0, 0.05) is 18.5 Å². The Morgan fingerprint density at radius 2 is 2.00 bits per heavy atom. The summed E-state index contributed by atoms with van der Waals surface area (Å²) in [5.41, 5.74) is 0. The van der Waals surface area contributed by atoms with Gasteiger partial charge in [-0.15, -0.1) is 0 Å². The van der Waals surface area contributed by atoms with Crippen molar-refractivity contribution >= 4 is 5.91 Å². The molecule has 0 spiro atoms. The highest BCUT2D eigenvalue weighted by atomic mass is 16.3. The van der Waals surface area contributed by atoms with Gasteiger partial charge in [-0.2, -0.15) is 0 Å². The Labute approximate surface area is 121 Å². The van der Waals surface area contributed by atoms with Crippen LogP contribution in [-0.4, -0.2) is 47.2 Å². The zero-order valence-corrected chi connectivity index (χ0v) is 12.6. The standard InChI is InChI=1S/C16H28N2O2/c1-11(12-3-2-6-17-10-12)7-16(20)18-13-4-5-14(18)9-15(19)8-13/h11-15,17,19H,2-10H2,1H3. The van der Waals surface area contributed by atoms with Crippen LogP contribution >= 0.6 is 0 Å². The van der Waals surface area contributed by atoms with Crippen molar-refractivity contribution in [2.75, 3.05) is 13.1 Å². The molecule has 3 aliphatic rings. The minimum absolute atomic E-state index is 0.184. The maximum absolute atomic E-state index is 12.6. The number of hydrogen-bond donors (Lipinski definition) is 2. The van der Waals surface area contributed by atoms with E-state index in [-0.39, 0.29) is 6.10 Å². The van der Waals surface area contributed by atoms with Crippen LogP contribution in [0.2, 0.25) is 0 Å². The van der Waals surface area contributed by atoms with E-state index in [1.165, 1.54) is 12.8 Å². The zero-order chi connectivity index (χ0) is 14.1. The molecule has 0 aromatic rings. The molecule has 3 fully saturated rings. The van der Waals surface area contributed by atoms with Gasteiger partial charge in [-0.3, -0.25) is 4.79 Å². The highest BCUT2D eigenvalue weighted by molar-refractivity contribution is 5.77. The molecule has 4 nitrogen and oxygen atoms in total. The SMILES string of the molecule is CC(CC(=O)N1C2CCC1CC(O)C2)C1CCCNC1. The fraction of sp³-hybridized carbons (Fsp3) is 0.938. The summed E-state index contributed by atoms with van der Waals surface area (Å²) in [5.74, 6) is 1.46. The average Bonchev–Trinajstić information content (AvgIpc) is 2.72. The summed E-state index contributed by atoms with van der Waals surface area (Å²) in [6.07, 6.45) is 6.77. The van der Waals surface area contributed by atoms with Gasteiger partial charge < -0.3 is 15.3 Å². The highest BCUT2D eigenvalue weighted by Gasteiger charge is 2.42. The largest absolute Gasteiger partial charge is 0.393 e. The maximum atomic E-state index is 12.6. The Bertz CT molecular complexity index is 340. The lowest BCUT2D eigenvalue weighted by Gasteiger charge is -2.38. The molecule has 3 rings (SSSR count). The number of nitrogens with one attached hydrogen (secondary N) is 1. The first-order valence-corrected chi connectivity index (χ1v) is 8.35. The number of carbonyl (C=O) groups excluding carboxylic acids is 1. The molecule has 3 saturated heterocycles. The summed E-state index contributed by atoms with van der Waals surface area (Å²) < 4.78 is 0. The number of hydrogen-bond acceptors (Lipinski definition) is 3. The van der Waals surface area contributed by atoms with Gasteiger partial charge in [-0.25, -0.2) is 0 Å². The summed E-state index contributed by atoms with van der Waals surface area (Å²) in [6, 6.07) is 0.626. The van der Waals surface area contributed by atoms with E-state index in [2.05, 4.69) is 17.1 Å². The van der Waals surface area contributed by atoms with Crippen LogP contribution in [0.15, 0.2) is 0 Å². The molecule has 0 saturated carbocycles. The average molecular weight is 280 g/mol. The molecule has 1 amide bonds. The third kappa shape index (κ3) is 2.86. The summed E-state index contributed by atoms with van der Waals surface area (Å²) in [6.45, 7) is 4.43. The first kappa shape index (κ1) is 14.3. The second kappa shape index (κ2) is 6.02. The molecule has 4 unspecified atom stereocenters. The molecule has 20 heavy (non-hydrogen) atoms. The van der Waals surface area contributed by atoms with Crippen LogP contribution in [0.4, 0.5) is 0 Å². The molecule has 2 N–H and O–H groups in total. The number of rotatable bonds is 3. The molecule has 3 aliphatic heterocycles. The molecule has 0 aromatic heterocycles. The molecule has 0 aliphatic carbocycles. The minimum Gasteiger partial charge on any atom is -0.393 e. The molecule has 4 atom stereocenters. The molecule has 0 aromatic carbocycles. The predicted octanol–water partition coefficient (Wildman–Crippen LogP) is 1.53. The summed E-state index contributed by atoms with van der Waals surface area (Å²) in [7, 11) is 0. The number of aliphatic hydroxyl groups is 1. The lowest BCUT2D eigenvalue weighted by Crippen LogP contribution is -2.48. The number of carbonyl (C=O) groups is 1. The van der Waals surface area contributed by atoms with Crippen molar-refractivity contribution in [3.63, 3.8) is 0 Å². The molecule has 3 heterocycles. The first-order valence-electron chi connectivity index (χ1n) is 8.35. The van der Waals surface area contributed by atoms with E-state index in [0.29, 0.717) is 36.2 Å². The number of nitrogens with zero attached hydrogens (tertiary/aromatic N) is 1. The van der Waals surface area contributed by atoms with Crippen LogP contribution in [0.3, 0.4) is 0 Å². The van der Waals surface area contributed by atoms with Gasteiger partial charge in [0.1, 0.15) is 0 Å². The lowest BCUT2D eigenvalue weighted by atomic mass is 9.85. The number of aliphatic hydroxyl groups excluding tert-OH is 1. The maximum Gasteiger partial charge on any atom is 0.223 e.